The van der Waals surface area contributed by atoms with Crippen molar-refractivity contribution >= 4 is 27.9 Å². The van der Waals surface area contributed by atoms with E-state index in [-0.39, 0.29) is 5.95 Å². The molecule has 2 heterocycles. The number of benzene rings is 1. The molecule has 0 atom stereocenters. The highest BCUT2D eigenvalue weighted by molar-refractivity contribution is 6.01. The van der Waals surface area contributed by atoms with E-state index in [4.69, 9.17) is 5.73 Å². The third kappa shape index (κ3) is 1.06. The average Bonchev–Trinajstić information content (AvgIpc) is 2.61. The van der Waals surface area contributed by atoms with E-state index >= 15 is 0 Å². The number of anilines is 1. The molecule has 0 amide bonds. The standard InChI is InChI=1S/C10H9N5/c1-15-5-13-9-7(15)3-2-6-4-12-10(11)14-8(6)9/h2-5H,1H3,(H2,11,12,14). The molecule has 0 aliphatic rings. The number of hydrogen-bond acceptors (Lipinski definition) is 4. The van der Waals surface area contributed by atoms with Crippen LogP contribution in [0.1, 0.15) is 0 Å². The maximum absolute atomic E-state index is 5.56. The van der Waals surface area contributed by atoms with Gasteiger partial charge < -0.3 is 10.3 Å². The Labute approximate surface area is 85.6 Å². The molecule has 5 nitrogen and oxygen atoms in total. The van der Waals surface area contributed by atoms with Gasteiger partial charge in [0.2, 0.25) is 5.95 Å². The summed E-state index contributed by atoms with van der Waals surface area (Å²) in [6.07, 6.45) is 3.48. The number of rotatable bonds is 0. The lowest BCUT2D eigenvalue weighted by Gasteiger charge is -1.99. The molecule has 0 unspecified atom stereocenters. The molecule has 0 spiro atoms. The number of nitrogens with zero attached hydrogens (tertiary/aromatic N) is 4. The Morgan fingerprint density at radius 1 is 1.20 bits per heavy atom. The molecular weight excluding hydrogens is 190 g/mol. The van der Waals surface area contributed by atoms with E-state index in [1.54, 1.807) is 12.5 Å². The molecule has 0 bridgehead atoms. The molecule has 0 saturated carbocycles. The van der Waals surface area contributed by atoms with E-state index in [0.29, 0.717) is 0 Å². The largest absolute Gasteiger partial charge is 0.368 e. The van der Waals surface area contributed by atoms with E-state index in [0.717, 1.165) is 21.9 Å². The van der Waals surface area contributed by atoms with Gasteiger partial charge in [-0.1, -0.05) is 0 Å². The first-order valence-electron chi connectivity index (χ1n) is 4.58. The van der Waals surface area contributed by atoms with Gasteiger partial charge >= 0.3 is 0 Å². The van der Waals surface area contributed by atoms with Gasteiger partial charge in [0.15, 0.2) is 0 Å². The molecule has 2 aromatic heterocycles. The molecule has 0 aliphatic heterocycles. The third-order valence-corrected chi connectivity index (χ3v) is 2.46. The molecule has 0 aliphatic carbocycles. The second-order valence-corrected chi connectivity index (χ2v) is 3.45. The number of fused-ring (bicyclic) bond motifs is 3. The highest BCUT2D eigenvalue weighted by Gasteiger charge is 2.06. The predicted molar refractivity (Wildman–Crippen MR) is 58.2 cm³/mol. The van der Waals surface area contributed by atoms with Crippen LogP contribution in [-0.4, -0.2) is 19.5 Å². The van der Waals surface area contributed by atoms with Gasteiger partial charge in [0.1, 0.15) is 11.0 Å². The summed E-state index contributed by atoms with van der Waals surface area (Å²) in [5, 5.41) is 0.954. The van der Waals surface area contributed by atoms with Crippen LogP contribution in [0.4, 0.5) is 5.95 Å². The smallest absolute Gasteiger partial charge is 0.220 e. The van der Waals surface area contributed by atoms with Crippen LogP contribution in [0.25, 0.3) is 21.9 Å². The van der Waals surface area contributed by atoms with Crippen LogP contribution < -0.4 is 5.73 Å². The topological polar surface area (TPSA) is 69.6 Å². The molecule has 0 saturated heterocycles. The van der Waals surface area contributed by atoms with Gasteiger partial charge in [-0.05, 0) is 12.1 Å². The summed E-state index contributed by atoms with van der Waals surface area (Å²) in [6, 6.07) is 3.98. The van der Waals surface area contributed by atoms with Crippen LogP contribution in [0.15, 0.2) is 24.7 Å². The van der Waals surface area contributed by atoms with E-state index in [2.05, 4.69) is 15.0 Å². The van der Waals surface area contributed by atoms with Crippen molar-refractivity contribution in [2.45, 2.75) is 0 Å². The van der Waals surface area contributed by atoms with Gasteiger partial charge in [-0.2, -0.15) is 0 Å². The first-order valence-corrected chi connectivity index (χ1v) is 4.58. The molecule has 5 heteroatoms. The Bertz CT molecular complexity index is 655. The van der Waals surface area contributed by atoms with Gasteiger partial charge in [-0.15, -0.1) is 0 Å². The normalized spacial score (nSPS) is 11.3. The van der Waals surface area contributed by atoms with Crippen LogP contribution in [0, 0.1) is 0 Å². The second-order valence-electron chi connectivity index (χ2n) is 3.45. The fraction of sp³-hybridized carbons (Fsp3) is 0.100. The van der Waals surface area contributed by atoms with Gasteiger partial charge in [0.05, 0.1) is 11.8 Å². The second kappa shape index (κ2) is 2.66. The Morgan fingerprint density at radius 2 is 2.07 bits per heavy atom. The number of nitrogen functional groups attached to an aromatic ring is 1. The average molecular weight is 199 g/mol. The minimum Gasteiger partial charge on any atom is -0.368 e. The quantitative estimate of drug-likeness (QED) is 0.588. The lowest BCUT2D eigenvalue weighted by Crippen LogP contribution is -1.94. The number of aromatic nitrogens is 4. The number of hydrogen-bond donors (Lipinski definition) is 1. The first-order chi connectivity index (χ1) is 7.25. The van der Waals surface area contributed by atoms with Crippen molar-refractivity contribution in [2.24, 2.45) is 7.05 Å². The van der Waals surface area contributed by atoms with E-state index in [1.165, 1.54) is 0 Å². The van der Waals surface area contributed by atoms with Crippen LogP contribution in [0.5, 0.6) is 0 Å². The van der Waals surface area contributed by atoms with Gasteiger partial charge in [-0.25, -0.2) is 15.0 Å². The fourth-order valence-electron chi connectivity index (χ4n) is 1.70. The zero-order chi connectivity index (χ0) is 10.4. The van der Waals surface area contributed by atoms with Crippen molar-refractivity contribution in [1.82, 2.24) is 19.5 Å². The Morgan fingerprint density at radius 3 is 2.93 bits per heavy atom. The maximum atomic E-state index is 5.56. The van der Waals surface area contributed by atoms with Crippen molar-refractivity contribution in [1.29, 1.82) is 0 Å². The van der Waals surface area contributed by atoms with E-state index < -0.39 is 0 Å². The highest BCUT2D eigenvalue weighted by Crippen LogP contribution is 2.21. The molecule has 1 aromatic carbocycles. The van der Waals surface area contributed by atoms with Crippen LogP contribution in [0.3, 0.4) is 0 Å². The number of aryl methyl sites for hydroxylation is 1. The fourth-order valence-corrected chi connectivity index (χ4v) is 1.70. The van der Waals surface area contributed by atoms with Crippen LogP contribution in [0.2, 0.25) is 0 Å². The lowest BCUT2D eigenvalue weighted by molar-refractivity contribution is 0.948. The molecular formula is C10H9N5. The summed E-state index contributed by atoms with van der Waals surface area (Å²) in [4.78, 5) is 12.5. The number of imidazole rings is 1. The molecule has 0 radical (unpaired) electrons. The van der Waals surface area contributed by atoms with Crippen molar-refractivity contribution in [3.05, 3.63) is 24.7 Å². The first kappa shape index (κ1) is 8.16. The van der Waals surface area contributed by atoms with Crippen molar-refractivity contribution in [3.63, 3.8) is 0 Å². The van der Waals surface area contributed by atoms with Gasteiger partial charge in [0.25, 0.3) is 0 Å². The minimum absolute atomic E-state index is 0.278. The SMILES string of the molecule is Cn1cnc2c3nc(N)ncc3ccc21. The summed E-state index contributed by atoms with van der Waals surface area (Å²) in [6.45, 7) is 0. The third-order valence-electron chi connectivity index (χ3n) is 2.46. The van der Waals surface area contributed by atoms with Crippen molar-refractivity contribution in [3.8, 4) is 0 Å². The predicted octanol–water partition coefficient (Wildman–Crippen LogP) is 1.10. The van der Waals surface area contributed by atoms with Crippen LogP contribution >= 0.6 is 0 Å². The van der Waals surface area contributed by atoms with Crippen molar-refractivity contribution in [2.75, 3.05) is 5.73 Å². The zero-order valence-corrected chi connectivity index (χ0v) is 8.18. The highest BCUT2D eigenvalue weighted by atomic mass is 15.0. The summed E-state index contributed by atoms with van der Waals surface area (Å²) in [5.74, 6) is 0.278. The van der Waals surface area contributed by atoms with Crippen molar-refractivity contribution < 1.29 is 0 Å². The summed E-state index contributed by atoms with van der Waals surface area (Å²) in [5.41, 5.74) is 8.28. The summed E-state index contributed by atoms with van der Waals surface area (Å²) >= 11 is 0. The molecule has 15 heavy (non-hydrogen) atoms. The maximum Gasteiger partial charge on any atom is 0.220 e. The molecule has 2 N–H and O–H groups in total. The molecule has 3 aromatic rings. The van der Waals surface area contributed by atoms with Gasteiger partial charge in [0, 0.05) is 18.6 Å². The van der Waals surface area contributed by atoms with E-state index in [9.17, 15) is 0 Å². The molecule has 0 fully saturated rings. The summed E-state index contributed by atoms with van der Waals surface area (Å²) < 4.78 is 1.95. The van der Waals surface area contributed by atoms with Crippen LogP contribution in [-0.2, 0) is 7.05 Å². The zero-order valence-electron chi connectivity index (χ0n) is 8.18. The Kier molecular flexibility index (Phi) is 1.45. The minimum atomic E-state index is 0.278. The van der Waals surface area contributed by atoms with Gasteiger partial charge in [-0.3, -0.25) is 0 Å². The summed E-state index contributed by atoms with van der Waals surface area (Å²) in [7, 11) is 1.95. The lowest BCUT2D eigenvalue weighted by atomic mass is 10.2. The Balaban J connectivity index is 2.57. The monoisotopic (exact) mass is 199 g/mol. The number of nitrogens with two attached hydrogens (primary N) is 1. The molecule has 74 valence electrons. The Hall–Kier alpha value is -2.17. The van der Waals surface area contributed by atoms with E-state index in [1.807, 2.05) is 23.7 Å². The molecule has 3 rings (SSSR count).